The molecule has 1 rings (SSSR count). The zero-order valence-corrected chi connectivity index (χ0v) is 6.94. The topological polar surface area (TPSA) is 98.0 Å². The predicted octanol–water partition coefficient (Wildman–Crippen LogP) is 1.61. The van der Waals surface area contributed by atoms with Crippen molar-refractivity contribution >= 4 is 23.6 Å². The van der Waals surface area contributed by atoms with Crippen LogP contribution in [-0.2, 0) is 10.2 Å². The largest absolute Gasteiger partial charge is 0.454 e. The van der Waals surface area contributed by atoms with Gasteiger partial charge in [0.05, 0.1) is 0 Å². The Morgan fingerprint density at radius 1 is 0.786 bits per heavy atom. The van der Waals surface area contributed by atoms with Crippen molar-refractivity contribution in [3.05, 3.63) is 24.3 Å². The molecular formula is C8H6N2O4. The first-order valence-corrected chi connectivity index (χ1v) is 3.64. The number of carbonyl (C=O) groups excluding carboxylic acids is 2. The maximum atomic E-state index is 10.1. The molecule has 0 aliphatic rings. The highest BCUT2D eigenvalue weighted by molar-refractivity contribution is 5.85. The van der Waals surface area contributed by atoms with Crippen LogP contribution in [0.5, 0.6) is 0 Å². The summed E-state index contributed by atoms with van der Waals surface area (Å²) in [6.07, 6.45) is -2.85. The van der Waals surface area contributed by atoms with Crippen LogP contribution in [0.1, 0.15) is 0 Å². The van der Waals surface area contributed by atoms with E-state index in [1.165, 1.54) is 24.3 Å². The minimum atomic E-state index is -1.43. The molecule has 0 aromatic heterocycles. The lowest BCUT2D eigenvalue weighted by atomic mass is 10.3. The minimum absolute atomic E-state index is 0.300. The molecule has 0 fully saturated rings. The standard InChI is InChI=1S/C8H6N2O4/c11-7(12)9-5-1-2-6(4-3-5)10-8(13)14/h1-4,9-10H. The molecule has 2 radical (unpaired) electrons. The molecule has 0 saturated heterocycles. The molecule has 0 aliphatic carbocycles. The van der Waals surface area contributed by atoms with E-state index in [1.807, 2.05) is 10.6 Å². The second kappa shape index (κ2) is 4.13. The van der Waals surface area contributed by atoms with Crippen LogP contribution in [-0.4, -0.2) is 12.2 Å². The Hall–Kier alpha value is -2.24. The molecule has 2 N–H and O–H groups in total. The summed E-state index contributed by atoms with van der Waals surface area (Å²) in [7, 11) is 0. The number of carbonyl (C=O) groups is 2. The Balaban J connectivity index is 2.68. The fourth-order valence-corrected chi connectivity index (χ4v) is 0.873. The maximum absolute atomic E-state index is 10.1. The maximum Gasteiger partial charge on any atom is 0.454 e. The van der Waals surface area contributed by atoms with Crippen molar-refractivity contribution in [2.75, 3.05) is 10.6 Å². The van der Waals surface area contributed by atoms with Gasteiger partial charge < -0.3 is 0 Å². The van der Waals surface area contributed by atoms with Gasteiger partial charge in [0.15, 0.2) is 0 Å². The molecule has 0 aliphatic heterocycles. The summed E-state index contributed by atoms with van der Waals surface area (Å²) in [5.74, 6) is 0. The van der Waals surface area contributed by atoms with Crippen LogP contribution >= 0.6 is 0 Å². The lowest BCUT2D eigenvalue weighted by Crippen LogP contribution is -2.07. The van der Waals surface area contributed by atoms with Gasteiger partial charge in [0.1, 0.15) is 0 Å². The number of hydrogen-bond acceptors (Lipinski definition) is 2. The Morgan fingerprint density at radius 3 is 1.29 bits per heavy atom. The molecule has 6 heteroatoms. The zero-order valence-electron chi connectivity index (χ0n) is 6.94. The average molecular weight is 194 g/mol. The Bertz CT molecular complexity index is 312. The highest BCUT2D eigenvalue weighted by atomic mass is 16.4. The van der Waals surface area contributed by atoms with Crippen LogP contribution in [0.2, 0.25) is 0 Å². The van der Waals surface area contributed by atoms with Gasteiger partial charge in [0.2, 0.25) is 0 Å². The van der Waals surface area contributed by atoms with Crippen LogP contribution in [0.4, 0.5) is 21.0 Å². The zero-order chi connectivity index (χ0) is 10.6. The van der Waals surface area contributed by atoms with Crippen LogP contribution < -0.4 is 10.6 Å². The third-order valence-corrected chi connectivity index (χ3v) is 1.38. The van der Waals surface area contributed by atoms with Crippen molar-refractivity contribution < 1.29 is 19.8 Å². The van der Waals surface area contributed by atoms with Gasteiger partial charge in [-0.25, -0.2) is 19.8 Å². The fourth-order valence-electron chi connectivity index (χ4n) is 0.873. The van der Waals surface area contributed by atoms with Gasteiger partial charge in [0.25, 0.3) is 0 Å². The fraction of sp³-hybridized carbons (Fsp3) is 0. The number of nitrogens with one attached hydrogen (secondary N) is 2. The molecule has 0 bridgehead atoms. The van der Waals surface area contributed by atoms with Crippen LogP contribution in [0, 0.1) is 0 Å². The predicted molar refractivity (Wildman–Crippen MR) is 45.9 cm³/mol. The number of amides is 2. The second-order valence-corrected chi connectivity index (χ2v) is 2.40. The molecule has 0 spiro atoms. The number of hydrogen-bond donors (Lipinski definition) is 2. The molecule has 1 aromatic rings. The van der Waals surface area contributed by atoms with E-state index in [0.29, 0.717) is 11.4 Å². The third kappa shape index (κ3) is 3.02. The minimum Gasteiger partial charge on any atom is -0.288 e. The summed E-state index contributed by atoms with van der Waals surface area (Å²) in [4.78, 5) is 20.2. The van der Waals surface area contributed by atoms with E-state index in [4.69, 9.17) is 0 Å². The van der Waals surface area contributed by atoms with E-state index in [0.717, 1.165) is 0 Å². The van der Waals surface area contributed by atoms with Crippen LogP contribution in [0.15, 0.2) is 24.3 Å². The van der Waals surface area contributed by atoms with Gasteiger partial charge in [-0.15, -0.1) is 0 Å². The Kier molecular flexibility index (Phi) is 2.90. The molecule has 0 unspecified atom stereocenters. The Morgan fingerprint density at radius 2 is 1.07 bits per heavy atom. The lowest BCUT2D eigenvalue weighted by Gasteiger charge is -2.01. The van der Waals surface area contributed by atoms with Gasteiger partial charge in [-0.1, -0.05) is 0 Å². The molecule has 1 aromatic carbocycles. The summed E-state index contributed by atoms with van der Waals surface area (Å²) >= 11 is 0. The first kappa shape index (κ1) is 9.85. The van der Waals surface area contributed by atoms with Crippen molar-refractivity contribution in [3.63, 3.8) is 0 Å². The van der Waals surface area contributed by atoms with E-state index in [9.17, 15) is 19.8 Å². The van der Waals surface area contributed by atoms with Gasteiger partial charge in [0, 0.05) is 11.4 Å². The van der Waals surface area contributed by atoms with E-state index in [1.54, 1.807) is 0 Å². The van der Waals surface area contributed by atoms with Crippen molar-refractivity contribution in [3.8, 4) is 0 Å². The number of anilines is 2. The lowest BCUT2D eigenvalue weighted by molar-refractivity contribution is 0.183. The van der Waals surface area contributed by atoms with Crippen molar-refractivity contribution in [2.45, 2.75) is 0 Å². The van der Waals surface area contributed by atoms with Crippen molar-refractivity contribution in [1.82, 2.24) is 0 Å². The van der Waals surface area contributed by atoms with Crippen LogP contribution in [0.25, 0.3) is 0 Å². The van der Waals surface area contributed by atoms with Crippen molar-refractivity contribution in [2.24, 2.45) is 0 Å². The molecule has 14 heavy (non-hydrogen) atoms. The molecule has 2 amide bonds. The summed E-state index contributed by atoms with van der Waals surface area (Å²) in [6, 6.07) is 5.56. The summed E-state index contributed by atoms with van der Waals surface area (Å²) in [6.45, 7) is 0. The van der Waals surface area contributed by atoms with E-state index in [-0.39, 0.29) is 0 Å². The molecule has 6 nitrogen and oxygen atoms in total. The highest BCUT2D eigenvalue weighted by Crippen LogP contribution is 2.13. The third-order valence-electron chi connectivity index (χ3n) is 1.38. The smallest absolute Gasteiger partial charge is 0.288 e. The first-order chi connectivity index (χ1) is 6.58. The normalized spacial score (nSPS) is 9.14. The van der Waals surface area contributed by atoms with Crippen LogP contribution in [0.3, 0.4) is 0 Å². The average Bonchev–Trinajstić information content (AvgIpc) is 2.06. The quantitative estimate of drug-likeness (QED) is 0.747. The number of rotatable bonds is 2. The summed E-state index contributed by atoms with van der Waals surface area (Å²) < 4.78 is 0. The van der Waals surface area contributed by atoms with E-state index in [2.05, 4.69) is 0 Å². The van der Waals surface area contributed by atoms with Gasteiger partial charge in [-0.2, -0.15) is 0 Å². The van der Waals surface area contributed by atoms with E-state index >= 15 is 0 Å². The second-order valence-electron chi connectivity index (χ2n) is 2.40. The molecule has 0 saturated carbocycles. The molecule has 0 atom stereocenters. The van der Waals surface area contributed by atoms with Crippen molar-refractivity contribution in [1.29, 1.82) is 0 Å². The molecular weight excluding hydrogens is 188 g/mol. The van der Waals surface area contributed by atoms with Gasteiger partial charge >= 0.3 is 12.2 Å². The highest BCUT2D eigenvalue weighted by Gasteiger charge is 2.01. The number of benzene rings is 1. The monoisotopic (exact) mass is 194 g/mol. The first-order valence-electron chi connectivity index (χ1n) is 3.64. The van der Waals surface area contributed by atoms with Gasteiger partial charge in [-0.3, -0.25) is 10.6 Å². The Labute approximate surface area is 79.2 Å². The summed E-state index contributed by atoms with van der Waals surface area (Å²) in [5.41, 5.74) is 0.600. The van der Waals surface area contributed by atoms with Gasteiger partial charge in [-0.05, 0) is 24.3 Å². The SMILES string of the molecule is [O]C(=O)Nc1ccc(NC([O])=O)cc1. The molecule has 0 heterocycles. The summed E-state index contributed by atoms with van der Waals surface area (Å²) in [5, 5.41) is 24.2. The molecule has 72 valence electrons. The van der Waals surface area contributed by atoms with E-state index < -0.39 is 12.2 Å².